The van der Waals surface area contributed by atoms with Gasteiger partial charge in [-0.15, -0.1) is 0 Å². The molecule has 6 nitrogen and oxygen atoms in total. The summed E-state index contributed by atoms with van der Waals surface area (Å²) < 4.78 is 6.86. The molecule has 2 unspecified atom stereocenters. The zero-order valence-corrected chi connectivity index (χ0v) is 12.9. The van der Waals surface area contributed by atoms with E-state index in [1.54, 1.807) is 13.1 Å². The van der Waals surface area contributed by atoms with Crippen molar-refractivity contribution in [2.24, 2.45) is 7.05 Å². The van der Waals surface area contributed by atoms with Crippen molar-refractivity contribution < 1.29 is 9.53 Å². The van der Waals surface area contributed by atoms with Gasteiger partial charge in [0.25, 0.3) is 5.56 Å². The first kappa shape index (κ1) is 14.1. The molecule has 0 radical (unpaired) electrons. The van der Waals surface area contributed by atoms with Crippen molar-refractivity contribution in [1.29, 1.82) is 0 Å². The SMILES string of the molecule is Cn1nc2c(cc1=O)CC1CCC2N1C(=O)OC(C)(C)C. The molecule has 0 aliphatic carbocycles. The van der Waals surface area contributed by atoms with Gasteiger partial charge < -0.3 is 4.74 Å². The van der Waals surface area contributed by atoms with Crippen LogP contribution >= 0.6 is 0 Å². The Hall–Kier alpha value is -1.85. The normalized spacial score (nSPS) is 23.9. The average Bonchev–Trinajstić information content (AvgIpc) is 2.67. The van der Waals surface area contributed by atoms with E-state index in [1.165, 1.54) is 4.68 Å². The van der Waals surface area contributed by atoms with Gasteiger partial charge in [0, 0.05) is 19.2 Å². The van der Waals surface area contributed by atoms with E-state index in [9.17, 15) is 9.59 Å². The fourth-order valence-electron chi connectivity index (χ4n) is 3.23. The highest BCUT2D eigenvalue weighted by Crippen LogP contribution is 2.42. The van der Waals surface area contributed by atoms with Crippen LogP contribution in [0.1, 0.15) is 50.9 Å². The molecular weight excluding hydrogens is 270 g/mol. The second-order valence-corrected chi connectivity index (χ2v) is 6.86. The molecule has 1 saturated heterocycles. The second kappa shape index (κ2) is 4.58. The van der Waals surface area contributed by atoms with Gasteiger partial charge in [0.2, 0.25) is 0 Å². The van der Waals surface area contributed by atoms with Gasteiger partial charge in [-0.2, -0.15) is 5.10 Å². The maximum atomic E-state index is 12.4. The Morgan fingerprint density at radius 3 is 2.76 bits per heavy atom. The van der Waals surface area contributed by atoms with Crippen molar-refractivity contribution >= 4 is 6.09 Å². The van der Waals surface area contributed by atoms with E-state index in [0.29, 0.717) is 6.42 Å². The third-order valence-electron chi connectivity index (χ3n) is 4.08. The molecule has 21 heavy (non-hydrogen) atoms. The number of aryl methyl sites for hydroxylation is 1. The molecule has 2 atom stereocenters. The zero-order chi connectivity index (χ0) is 15.4. The van der Waals surface area contributed by atoms with E-state index in [2.05, 4.69) is 5.10 Å². The summed E-state index contributed by atoms with van der Waals surface area (Å²) in [6.45, 7) is 5.60. The fraction of sp³-hybridized carbons (Fsp3) is 0.667. The summed E-state index contributed by atoms with van der Waals surface area (Å²) in [6, 6.07) is 1.70. The van der Waals surface area contributed by atoms with E-state index >= 15 is 0 Å². The minimum Gasteiger partial charge on any atom is -0.444 e. The molecule has 3 rings (SSSR count). The summed E-state index contributed by atoms with van der Waals surface area (Å²) in [7, 11) is 1.64. The number of fused-ring (bicyclic) bond motifs is 4. The number of carbonyl (C=O) groups is 1. The lowest BCUT2D eigenvalue weighted by Crippen LogP contribution is -2.45. The highest BCUT2D eigenvalue weighted by atomic mass is 16.6. The number of ether oxygens (including phenoxy) is 1. The maximum absolute atomic E-state index is 12.4. The van der Waals surface area contributed by atoms with E-state index in [1.807, 2.05) is 25.7 Å². The van der Waals surface area contributed by atoms with Gasteiger partial charge in [-0.3, -0.25) is 9.69 Å². The lowest BCUT2D eigenvalue weighted by molar-refractivity contribution is 0.0118. The molecule has 6 heteroatoms. The quantitative estimate of drug-likeness (QED) is 0.731. The van der Waals surface area contributed by atoms with Crippen molar-refractivity contribution in [3.05, 3.63) is 27.7 Å². The largest absolute Gasteiger partial charge is 0.444 e. The third kappa shape index (κ3) is 2.43. The van der Waals surface area contributed by atoms with Gasteiger partial charge in [0.1, 0.15) is 5.60 Å². The summed E-state index contributed by atoms with van der Waals surface area (Å²) in [5.41, 5.74) is 1.22. The zero-order valence-electron chi connectivity index (χ0n) is 12.9. The number of hydrogen-bond acceptors (Lipinski definition) is 4. The summed E-state index contributed by atoms with van der Waals surface area (Å²) in [5, 5.41) is 4.38. The molecule has 0 saturated carbocycles. The maximum Gasteiger partial charge on any atom is 0.411 e. The standard InChI is InChI=1S/C15H21N3O3/c1-15(2,3)21-14(20)18-10-5-6-11(18)13-9(7-10)8-12(19)17(4)16-13/h8,10-11H,5-7H2,1-4H3. The molecule has 114 valence electrons. The monoisotopic (exact) mass is 291 g/mol. The van der Waals surface area contributed by atoms with Crippen LogP contribution < -0.4 is 5.56 Å². The molecule has 0 spiro atoms. The van der Waals surface area contributed by atoms with Gasteiger partial charge in [0.15, 0.2) is 0 Å². The average molecular weight is 291 g/mol. The molecular formula is C15H21N3O3. The molecule has 2 bridgehead atoms. The summed E-state index contributed by atoms with van der Waals surface area (Å²) >= 11 is 0. The Morgan fingerprint density at radius 2 is 2.10 bits per heavy atom. The van der Waals surface area contributed by atoms with Crippen LogP contribution in [0.2, 0.25) is 0 Å². The van der Waals surface area contributed by atoms with Crippen LogP contribution in [-0.4, -0.2) is 32.4 Å². The van der Waals surface area contributed by atoms with Crippen molar-refractivity contribution in [3.8, 4) is 0 Å². The Morgan fingerprint density at radius 1 is 1.38 bits per heavy atom. The van der Waals surface area contributed by atoms with Crippen LogP contribution in [0.15, 0.2) is 10.9 Å². The van der Waals surface area contributed by atoms with Crippen molar-refractivity contribution in [1.82, 2.24) is 14.7 Å². The van der Waals surface area contributed by atoms with Crippen LogP contribution in [0.3, 0.4) is 0 Å². The number of aromatic nitrogens is 2. The highest BCUT2D eigenvalue weighted by Gasteiger charge is 2.45. The van der Waals surface area contributed by atoms with Gasteiger partial charge in [-0.1, -0.05) is 0 Å². The number of amides is 1. The van der Waals surface area contributed by atoms with Crippen LogP contribution in [-0.2, 0) is 18.2 Å². The molecule has 0 aromatic carbocycles. The minimum atomic E-state index is -0.506. The van der Waals surface area contributed by atoms with Crippen LogP contribution in [0.4, 0.5) is 4.79 Å². The second-order valence-electron chi connectivity index (χ2n) is 6.86. The molecule has 0 N–H and O–H groups in total. The minimum absolute atomic E-state index is 0.0691. The highest BCUT2D eigenvalue weighted by molar-refractivity contribution is 5.70. The van der Waals surface area contributed by atoms with Gasteiger partial charge in [-0.05, 0) is 45.6 Å². The Bertz CT molecular complexity index is 645. The topological polar surface area (TPSA) is 64.4 Å². The van der Waals surface area contributed by atoms with Gasteiger partial charge >= 0.3 is 6.09 Å². The lowest BCUT2D eigenvalue weighted by atomic mass is 9.99. The van der Waals surface area contributed by atoms with Crippen molar-refractivity contribution in [2.45, 2.75) is 57.7 Å². The van der Waals surface area contributed by atoms with E-state index < -0.39 is 5.60 Å². The Kier molecular flexibility index (Phi) is 3.07. The predicted molar refractivity (Wildman–Crippen MR) is 77.0 cm³/mol. The first-order valence-corrected chi connectivity index (χ1v) is 7.35. The molecule has 2 aliphatic rings. The van der Waals surface area contributed by atoms with Crippen molar-refractivity contribution in [3.63, 3.8) is 0 Å². The summed E-state index contributed by atoms with van der Waals surface area (Å²) in [6.07, 6.45) is 2.21. The van der Waals surface area contributed by atoms with Crippen LogP contribution in [0, 0.1) is 0 Å². The van der Waals surface area contributed by atoms with Crippen molar-refractivity contribution in [2.75, 3.05) is 0 Å². The first-order valence-electron chi connectivity index (χ1n) is 7.35. The number of rotatable bonds is 0. The van der Waals surface area contributed by atoms with Crippen LogP contribution in [0.25, 0.3) is 0 Å². The van der Waals surface area contributed by atoms with E-state index in [0.717, 1.165) is 24.1 Å². The molecule has 1 aromatic rings. The number of nitrogens with zero attached hydrogens (tertiary/aromatic N) is 3. The molecule has 3 heterocycles. The third-order valence-corrected chi connectivity index (χ3v) is 4.08. The lowest BCUT2D eigenvalue weighted by Gasteiger charge is -2.36. The molecule has 1 fully saturated rings. The number of hydrogen-bond donors (Lipinski definition) is 0. The number of carbonyl (C=O) groups excluding carboxylic acids is 1. The first-order chi connectivity index (χ1) is 9.76. The molecule has 1 aromatic heterocycles. The van der Waals surface area contributed by atoms with E-state index in [-0.39, 0.29) is 23.7 Å². The van der Waals surface area contributed by atoms with Gasteiger partial charge in [-0.25, -0.2) is 9.48 Å². The van der Waals surface area contributed by atoms with Gasteiger partial charge in [0.05, 0.1) is 11.7 Å². The van der Waals surface area contributed by atoms with E-state index in [4.69, 9.17) is 4.74 Å². The predicted octanol–water partition coefficient (Wildman–Crippen LogP) is 1.78. The van der Waals surface area contributed by atoms with Crippen LogP contribution in [0.5, 0.6) is 0 Å². The Labute approximate surface area is 123 Å². The Balaban J connectivity index is 1.95. The summed E-state index contributed by atoms with van der Waals surface area (Å²) in [5.74, 6) is 0. The summed E-state index contributed by atoms with van der Waals surface area (Å²) in [4.78, 5) is 26.0. The smallest absolute Gasteiger partial charge is 0.411 e. The molecule has 2 aliphatic heterocycles. The molecule has 1 amide bonds. The fourth-order valence-corrected chi connectivity index (χ4v) is 3.23.